The molecule has 0 spiro atoms. The van der Waals surface area contributed by atoms with Crippen molar-refractivity contribution in [1.82, 2.24) is 0 Å². The molecule has 0 fully saturated rings. The smallest absolute Gasteiger partial charge is 0.326 e. The molecule has 0 bridgehead atoms. The van der Waals surface area contributed by atoms with Gasteiger partial charge in [0.25, 0.3) is 10.0 Å². The van der Waals surface area contributed by atoms with E-state index in [9.17, 15) is 13.2 Å². The Labute approximate surface area is 167 Å². The molecular weight excluding hydrogens is 417 g/mol. The summed E-state index contributed by atoms with van der Waals surface area (Å²) in [6.45, 7) is -0.568. The van der Waals surface area contributed by atoms with Crippen molar-refractivity contribution < 1.29 is 27.4 Å². The Kier molecular flexibility index (Phi) is 6.80. The SMILES string of the molecule is COC(=O)CN(c1ccc(OC)cc1OC)S(=O)(=O)c1ccc(Cl)c(Cl)c1. The van der Waals surface area contributed by atoms with Crippen molar-refractivity contribution in [2.24, 2.45) is 0 Å². The lowest BCUT2D eigenvalue weighted by atomic mass is 10.2. The summed E-state index contributed by atoms with van der Waals surface area (Å²) in [4.78, 5) is 11.7. The number of carbonyl (C=O) groups excluding carboxylic acids is 1. The predicted octanol–water partition coefficient (Wildman–Crippen LogP) is 3.38. The molecule has 0 radical (unpaired) electrons. The highest BCUT2D eigenvalue weighted by molar-refractivity contribution is 7.92. The van der Waals surface area contributed by atoms with Gasteiger partial charge in [-0.2, -0.15) is 0 Å². The Bertz CT molecular complexity index is 948. The van der Waals surface area contributed by atoms with E-state index in [1.165, 1.54) is 44.6 Å². The number of hydrogen-bond donors (Lipinski definition) is 0. The summed E-state index contributed by atoms with van der Waals surface area (Å²) >= 11 is 11.8. The molecule has 0 saturated carbocycles. The van der Waals surface area contributed by atoms with Gasteiger partial charge in [-0.15, -0.1) is 0 Å². The quantitative estimate of drug-likeness (QED) is 0.622. The van der Waals surface area contributed by atoms with Crippen molar-refractivity contribution in [2.45, 2.75) is 4.90 Å². The van der Waals surface area contributed by atoms with Gasteiger partial charge in [0.2, 0.25) is 0 Å². The van der Waals surface area contributed by atoms with E-state index < -0.39 is 22.5 Å². The second-order valence-corrected chi connectivity index (χ2v) is 7.88. The maximum absolute atomic E-state index is 13.2. The van der Waals surface area contributed by atoms with Crippen LogP contribution in [0.3, 0.4) is 0 Å². The molecule has 27 heavy (non-hydrogen) atoms. The Balaban J connectivity index is 2.64. The first-order valence-corrected chi connectivity index (χ1v) is 9.70. The Morgan fingerprint density at radius 1 is 1.00 bits per heavy atom. The normalized spacial score (nSPS) is 11.0. The molecule has 7 nitrogen and oxygen atoms in total. The van der Waals surface area contributed by atoms with Gasteiger partial charge in [0.05, 0.1) is 42.0 Å². The van der Waals surface area contributed by atoms with Crippen LogP contribution in [0.4, 0.5) is 5.69 Å². The summed E-state index contributed by atoms with van der Waals surface area (Å²) in [7, 11) is -0.177. The van der Waals surface area contributed by atoms with Crippen LogP contribution in [0.25, 0.3) is 0 Å². The molecule has 2 rings (SSSR count). The van der Waals surface area contributed by atoms with Crippen LogP contribution in [0.1, 0.15) is 0 Å². The summed E-state index contributed by atoms with van der Waals surface area (Å²) in [6.07, 6.45) is 0. The molecule has 10 heteroatoms. The third-order valence-corrected chi connectivity index (χ3v) is 6.13. The molecule has 0 saturated heterocycles. The number of ether oxygens (including phenoxy) is 3. The van der Waals surface area contributed by atoms with E-state index in [4.69, 9.17) is 32.7 Å². The van der Waals surface area contributed by atoms with Crippen LogP contribution < -0.4 is 13.8 Å². The summed E-state index contributed by atoms with van der Waals surface area (Å²) in [5.74, 6) is -0.0982. The summed E-state index contributed by atoms with van der Waals surface area (Å²) in [6, 6.07) is 8.38. The van der Waals surface area contributed by atoms with Crippen LogP contribution in [0, 0.1) is 0 Å². The predicted molar refractivity (Wildman–Crippen MR) is 103 cm³/mol. The zero-order chi connectivity index (χ0) is 20.2. The second-order valence-electron chi connectivity index (χ2n) is 5.20. The minimum absolute atomic E-state index is 0.0671. The van der Waals surface area contributed by atoms with E-state index in [0.717, 1.165) is 11.4 Å². The van der Waals surface area contributed by atoms with Gasteiger partial charge in [-0.1, -0.05) is 23.2 Å². The molecule has 146 valence electrons. The van der Waals surface area contributed by atoms with Crippen LogP contribution in [0.15, 0.2) is 41.3 Å². The van der Waals surface area contributed by atoms with E-state index in [1.807, 2.05) is 0 Å². The molecule has 0 aliphatic heterocycles. The number of esters is 1. The standard InChI is InChI=1S/C17H17Cl2NO6S/c1-24-11-4-7-15(16(8-11)25-2)20(10-17(21)26-3)27(22,23)12-5-6-13(18)14(19)9-12/h4-9H,10H2,1-3H3. The van der Waals surface area contributed by atoms with Crippen molar-refractivity contribution in [3.63, 3.8) is 0 Å². The van der Waals surface area contributed by atoms with Gasteiger partial charge in [-0.25, -0.2) is 8.42 Å². The zero-order valence-electron chi connectivity index (χ0n) is 14.7. The zero-order valence-corrected chi connectivity index (χ0v) is 17.1. The number of hydrogen-bond acceptors (Lipinski definition) is 6. The molecule has 0 amide bonds. The van der Waals surface area contributed by atoms with E-state index in [1.54, 1.807) is 6.07 Å². The molecule has 0 heterocycles. The number of anilines is 1. The first kappa shape index (κ1) is 21.1. The Hall–Kier alpha value is -2.16. The number of nitrogens with zero attached hydrogens (tertiary/aromatic N) is 1. The average molecular weight is 434 g/mol. The monoisotopic (exact) mass is 433 g/mol. The van der Waals surface area contributed by atoms with Gasteiger partial charge in [0, 0.05) is 6.07 Å². The van der Waals surface area contributed by atoms with Crippen molar-refractivity contribution in [3.05, 3.63) is 46.4 Å². The number of benzene rings is 2. The van der Waals surface area contributed by atoms with Gasteiger partial charge >= 0.3 is 5.97 Å². The second kappa shape index (κ2) is 8.69. The molecule has 0 aliphatic carbocycles. The lowest BCUT2D eigenvalue weighted by molar-refractivity contribution is -0.138. The minimum Gasteiger partial charge on any atom is -0.497 e. The summed E-state index contributed by atoms with van der Waals surface area (Å²) < 4.78 is 42.3. The van der Waals surface area contributed by atoms with E-state index >= 15 is 0 Å². The lowest BCUT2D eigenvalue weighted by Gasteiger charge is -2.25. The first-order valence-electron chi connectivity index (χ1n) is 7.51. The van der Waals surface area contributed by atoms with Crippen molar-refractivity contribution in [1.29, 1.82) is 0 Å². The topological polar surface area (TPSA) is 82.1 Å². The lowest BCUT2D eigenvalue weighted by Crippen LogP contribution is -2.36. The number of methoxy groups -OCH3 is 3. The number of sulfonamides is 1. The number of rotatable bonds is 7. The van der Waals surface area contributed by atoms with Gasteiger partial charge in [-0.05, 0) is 30.3 Å². The van der Waals surface area contributed by atoms with Crippen molar-refractivity contribution >= 4 is 44.9 Å². The molecule has 0 aromatic heterocycles. The van der Waals surface area contributed by atoms with Crippen molar-refractivity contribution in [3.8, 4) is 11.5 Å². The molecule has 0 atom stereocenters. The van der Waals surface area contributed by atoms with Crippen LogP contribution >= 0.6 is 23.2 Å². The third-order valence-electron chi connectivity index (χ3n) is 3.64. The highest BCUT2D eigenvalue weighted by atomic mass is 35.5. The van der Waals surface area contributed by atoms with Crippen LogP contribution in [0.2, 0.25) is 10.0 Å². The van der Waals surface area contributed by atoms with Crippen LogP contribution in [-0.2, 0) is 19.6 Å². The summed E-state index contributed by atoms with van der Waals surface area (Å²) in [5.41, 5.74) is 0.134. The minimum atomic E-state index is -4.18. The fourth-order valence-electron chi connectivity index (χ4n) is 2.24. The van der Waals surface area contributed by atoms with Gasteiger partial charge in [0.1, 0.15) is 18.0 Å². The van der Waals surface area contributed by atoms with Crippen molar-refractivity contribution in [2.75, 3.05) is 32.2 Å². The fourth-order valence-corrected chi connectivity index (χ4v) is 4.05. The molecule has 0 N–H and O–H groups in total. The molecule has 2 aromatic rings. The van der Waals surface area contributed by atoms with Gasteiger partial charge < -0.3 is 14.2 Å². The Morgan fingerprint density at radius 2 is 1.70 bits per heavy atom. The van der Waals surface area contributed by atoms with E-state index in [0.29, 0.717) is 5.75 Å². The Morgan fingerprint density at radius 3 is 2.26 bits per heavy atom. The highest BCUT2D eigenvalue weighted by Gasteiger charge is 2.30. The maximum Gasteiger partial charge on any atom is 0.326 e. The first-order chi connectivity index (χ1) is 12.7. The fraction of sp³-hybridized carbons (Fsp3) is 0.235. The third kappa shape index (κ3) is 4.58. The van der Waals surface area contributed by atoms with E-state index in [2.05, 4.69) is 4.74 Å². The number of carbonyl (C=O) groups is 1. The average Bonchev–Trinajstić information content (AvgIpc) is 2.67. The largest absolute Gasteiger partial charge is 0.497 e. The maximum atomic E-state index is 13.2. The molecule has 2 aromatic carbocycles. The van der Waals surface area contributed by atoms with E-state index in [-0.39, 0.29) is 26.4 Å². The highest BCUT2D eigenvalue weighted by Crippen LogP contribution is 2.36. The summed E-state index contributed by atoms with van der Waals surface area (Å²) in [5, 5.41) is 0.273. The van der Waals surface area contributed by atoms with Crippen LogP contribution in [-0.4, -0.2) is 42.3 Å². The number of halogens is 2. The molecular formula is C17H17Cl2NO6S. The van der Waals surface area contributed by atoms with Gasteiger partial charge in [-0.3, -0.25) is 9.10 Å². The van der Waals surface area contributed by atoms with Crippen LogP contribution in [0.5, 0.6) is 11.5 Å². The molecule has 0 unspecified atom stereocenters. The van der Waals surface area contributed by atoms with Gasteiger partial charge in [0.15, 0.2) is 0 Å². The molecule has 0 aliphatic rings.